The number of nitrogens with zero attached hydrogens (tertiary/aromatic N) is 2. The molecule has 14 rings (SSSR count). The van der Waals surface area contributed by atoms with E-state index >= 15 is 0 Å². The van der Waals surface area contributed by atoms with Crippen LogP contribution < -0.4 is 16.4 Å². The van der Waals surface area contributed by atoms with Crippen LogP contribution in [-0.4, -0.2) is 15.8 Å². The predicted molar refractivity (Wildman–Crippen MR) is 289 cm³/mol. The first-order chi connectivity index (χ1) is 32.5. The van der Waals surface area contributed by atoms with Gasteiger partial charge in [-0.2, -0.15) is 0 Å². The van der Waals surface area contributed by atoms with Gasteiger partial charge < -0.3 is 9.13 Å². The number of rotatable bonds is 3. The summed E-state index contributed by atoms with van der Waals surface area (Å²) in [4.78, 5) is 0. The van der Waals surface area contributed by atoms with E-state index in [-0.39, 0.29) is 12.1 Å². The fourth-order valence-electron chi connectivity index (χ4n) is 12.6. The molecule has 0 fully saturated rings. The predicted octanol–water partition coefficient (Wildman–Crippen LogP) is 14.9. The van der Waals surface area contributed by atoms with E-state index < -0.39 is 0 Å². The maximum absolute atomic E-state index is 2.65. The van der Waals surface area contributed by atoms with Crippen molar-refractivity contribution in [2.75, 3.05) is 0 Å². The fraction of sp³-hybridized carbons (Fsp3) is 0.125. The second-order valence-corrected chi connectivity index (χ2v) is 20.7. The van der Waals surface area contributed by atoms with Crippen molar-refractivity contribution in [1.29, 1.82) is 0 Å². The molecule has 0 amide bonds. The van der Waals surface area contributed by atoms with E-state index in [9.17, 15) is 0 Å². The van der Waals surface area contributed by atoms with Crippen LogP contribution in [0.2, 0.25) is 0 Å². The SMILES string of the molecule is Cc1cccc(C)c1-c1cc2c3c(c1)c1cc4ccccc4cc1n3-c1cc(-c3ccc(C(C)(C)C)cc3)cc3c1B2c1cc(-c2c(C)cccc2C)cc2c4cc5ccccc5cc4n-3c12. The van der Waals surface area contributed by atoms with Gasteiger partial charge in [0.1, 0.15) is 0 Å². The lowest BCUT2D eigenvalue weighted by Gasteiger charge is -2.35. The Morgan fingerprint density at radius 3 is 1.21 bits per heavy atom. The Morgan fingerprint density at radius 2 is 0.791 bits per heavy atom. The van der Waals surface area contributed by atoms with Crippen molar-refractivity contribution in [2.24, 2.45) is 0 Å². The Labute approximate surface area is 391 Å². The highest BCUT2D eigenvalue weighted by molar-refractivity contribution is 7.00. The van der Waals surface area contributed by atoms with Crippen LogP contribution in [0.3, 0.4) is 0 Å². The van der Waals surface area contributed by atoms with Crippen molar-refractivity contribution >= 4 is 88.3 Å². The molecule has 0 spiro atoms. The molecule has 0 saturated heterocycles. The van der Waals surface area contributed by atoms with E-state index in [0.717, 1.165) is 0 Å². The van der Waals surface area contributed by atoms with Gasteiger partial charge >= 0.3 is 0 Å². The van der Waals surface area contributed by atoms with Crippen LogP contribution in [0.25, 0.3) is 110 Å². The van der Waals surface area contributed by atoms with E-state index in [1.807, 2.05) is 0 Å². The molecule has 0 N–H and O–H groups in total. The van der Waals surface area contributed by atoms with E-state index in [0.29, 0.717) is 0 Å². The van der Waals surface area contributed by atoms with Crippen LogP contribution in [0.5, 0.6) is 0 Å². The number of hydrogen-bond donors (Lipinski definition) is 0. The van der Waals surface area contributed by atoms with Crippen molar-refractivity contribution in [2.45, 2.75) is 53.9 Å². The molecule has 2 aliphatic rings. The molecule has 4 heterocycles. The molecule has 12 aromatic rings. The summed E-state index contributed by atoms with van der Waals surface area (Å²) in [6.07, 6.45) is 0. The Balaban J connectivity index is 1.21. The van der Waals surface area contributed by atoms with Crippen molar-refractivity contribution < 1.29 is 0 Å². The summed E-state index contributed by atoms with van der Waals surface area (Å²) in [7, 11) is 0. The zero-order valence-corrected chi connectivity index (χ0v) is 39.1. The number of benzene rings is 10. The van der Waals surface area contributed by atoms with Crippen LogP contribution in [0.15, 0.2) is 170 Å². The first-order valence-corrected chi connectivity index (χ1v) is 23.9. The molecule has 2 aromatic heterocycles. The lowest BCUT2D eigenvalue weighted by Crippen LogP contribution is -2.59. The summed E-state index contributed by atoms with van der Waals surface area (Å²) in [6, 6.07) is 65.7. The average molecular weight is 857 g/mol. The van der Waals surface area contributed by atoms with E-state index in [1.165, 1.54) is 154 Å². The van der Waals surface area contributed by atoms with Crippen molar-refractivity contribution in [3.05, 3.63) is 198 Å². The molecule has 0 radical (unpaired) electrons. The maximum Gasteiger partial charge on any atom is 0.252 e. The Kier molecular flexibility index (Phi) is 7.78. The molecule has 0 atom stereocenters. The third kappa shape index (κ3) is 5.34. The summed E-state index contributed by atoms with van der Waals surface area (Å²) in [5, 5.41) is 10.2. The Bertz CT molecular complexity index is 3890. The van der Waals surface area contributed by atoms with Gasteiger partial charge in [-0.1, -0.05) is 142 Å². The molecule has 0 aliphatic carbocycles. The van der Waals surface area contributed by atoms with Gasteiger partial charge in [-0.05, 0) is 181 Å². The van der Waals surface area contributed by atoms with Crippen LogP contribution >= 0.6 is 0 Å². The molecule has 0 saturated carbocycles. The Morgan fingerprint density at radius 1 is 0.373 bits per heavy atom. The number of aromatic nitrogens is 2. The highest BCUT2D eigenvalue weighted by Crippen LogP contribution is 2.45. The standard InChI is InChI=1S/C64H49BN2/c1-36-14-12-15-37(2)59(36)46-28-51-49-26-41-18-8-10-20-43(41)32-55(49)66-57-34-45(40-22-24-48(25-23-40)64(5,6)7)35-58-61(57)65(53(30-46)62(51)66)54-31-47(60-38(3)16-13-17-39(60)4)29-52-50-27-42-19-9-11-21-44(42)33-56(50)67(58)63(52)54/h8-35H,1-7H3. The van der Waals surface area contributed by atoms with Gasteiger partial charge in [-0.3, -0.25) is 0 Å². The highest BCUT2D eigenvalue weighted by atomic mass is 15.0. The maximum atomic E-state index is 2.65. The zero-order chi connectivity index (χ0) is 45.2. The Hall–Kier alpha value is -7.62. The minimum atomic E-state index is -0.0293. The smallest absolute Gasteiger partial charge is 0.252 e. The third-order valence-corrected chi connectivity index (χ3v) is 15.7. The second kappa shape index (κ2) is 13.5. The highest BCUT2D eigenvalue weighted by Gasteiger charge is 2.42. The number of fused-ring (bicyclic) bond motifs is 12. The van der Waals surface area contributed by atoms with Crippen molar-refractivity contribution in [1.82, 2.24) is 9.13 Å². The molecule has 3 heteroatoms. The second-order valence-electron chi connectivity index (χ2n) is 20.7. The fourth-order valence-corrected chi connectivity index (χ4v) is 12.6. The molecule has 67 heavy (non-hydrogen) atoms. The third-order valence-electron chi connectivity index (χ3n) is 15.7. The summed E-state index contributed by atoms with van der Waals surface area (Å²) in [5.41, 5.74) is 26.0. The molecule has 2 aliphatic heterocycles. The number of aryl methyl sites for hydroxylation is 4. The van der Waals surface area contributed by atoms with Gasteiger partial charge in [-0.25, -0.2) is 0 Å². The zero-order valence-electron chi connectivity index (χ0n) is 39.1. The van der Waals surface area contributed by atoms with Gasteiger partial charge in [-0.15, -0.1) is 0 Å². The molecular weight excluding hydrogens is 808 g/mol. The summed E-state index contributed by atoms with van der Waals surface area (Å²) in [5.74, 6) is 0. The van der Waals surface area contributed by atoms with Crippen LogP contribution in [-0.2, 0) is 5.41 Å². The number of hydrogen-bond acceptors (Lipinski definition) is 0. The summed E-state index contributed by atoms with van der Waals surface area (Å²) in [6.45, 7) is 16.0. The van der Waals surface area contributed by atoms with Crippen molar-refractivity contribution in [3.63, 3.8) is 0 Å². The van der Waals surface area contributed by atoms with Crippen LogP contribution in [0.1, 0.15) is 48.6 Å². The van der Waals surface area contributed by atoms with E-state index in [4.69, 9.17) is 0 Å². The quantitative estimate of drug-likeness (QED) is 0.157. The first-order valence-electron chi connectivity index (χ1n) is 23.9. The molecule has 2 nitrogen and oxygen atoms in total. The van der Waals surface area contributed by atoms with Gasteiger partial charge in [0, 0.05) is 44.0 Å². The van der Waals surface area contributed by atoms with Gasteiger partial charge in [0.2, 0.25) is 0 Å². The van der Waals surface area contributed by atoms with Gasteiger partial charge in [0.05, 0.1) is 11.0 Å². The molecule has 0 bridgehead atoms. The minimum absolute atomic E-state index is 0.0293. The molecule has 318 valence electrons. The average Bonchev–Trinajstić information content (AvgIpc) is 3.81. The van der Waals surface area contributed by atoms with E-state index in [1.54, 1.807) is 0 Å². The van der Waals surface area contributed by atoms with Crippen molar-refractivity contribution in [3.8, 4) is 44.8 Å². The normalized spacial score (nSPS) is 13.0. The monoisotopic (exact) mass is 856 g/mol. The molecular formula is C64H49BN2. The lowest BCUT2D eigenvalue weighted by atomic mass is 9.34. The van der Waals surface area contributed by atoms with E-state index in [2.05, 4.69) is 227 Å². The van der Waals surface area contributed by atoms with Crippen LogP contribution in [0.4, 0.5) is 0 Å². The van der Waals surface area contributed by atoms with Gasteiger partial charge in [0.25, 0.3) is 6.71 Å². The van der Waals surface area contributed by atoms with Gasteiger partial charge in [0.15, 0.2) is 0 Å². The lowest BCUT2D eigenvalue weighted by molar-refractivity contribution is 0.590. The summed E-state index contributed by atoms with van der Waals surface area (Å²) < 4.78 is 5.31. The topological polar surface area (TPSA) is 9.86 Å². The first kappa shape index (κ1) is 38.6. The minimum Gasteiger partial charge on any atom is -0.310 e. The van der Waals surface area contributed by atoms with Crippen LogP contribution in [0, 0.1) is 27.7 Å². The summed E-state index contributed by atoms with van der Waals surface area (Å²) >= 11 is 0. The molecule has 10 aromatic carbocycles. The molecule has 0 unspecified atom stereocenters. The largest absolute Gasteiger partial charge is 0.310 e.